The Labute approximate surface area is 118 Å². The summed E-state index contributed by atoms with van der Waals surface area (Å²) in [7, 11) is -2.16. The third kappa shape index (κ3) is 3.99. The molecule has 112 valence electrons. The van der Waals surface area contributed by atoms with E-state index in [9.17, 15) is 18.5 Å². The smallest absolute Gasteiger partial charge is 0.273 e. The van der Waals surface area contributed by atoms with Crippen molar-refractivity contribution in [1.29, 1.82) is 0 Å². The summed E-state index contributed by atoms with van der Waals surface area (Å²) in [6.45, 7) is 4.01. The number of hydrogen-bond acceptors (Lipinski definition) is 5. The van der Waals surface area contributed by atoms with Crippen LogP contribution in [0, 0.1) is 16.0 Å². The summed E-state index contributed by atoms with van der Waals surface area (Å²) in [6, 6.07) is 3.82. The van der Waals surface area contributed by atoms with Crippen LogP contribution < -0.4 is 10.5 Å². The Kier molecular flexibility index (Phi) is 5.21. The van der Waals surface area contributed by atoms with Crippen LogP contribution in [0.1, 0.15) is 19.4 Å². The fourth-order valence-corrected chi connectivity index (χ4v) is 2.50. The maximum atomic E-state index is 11.2. The number of likely N-dealkylation sites (N-methyl/N-ethyl adjacent to an activating group) is 1. The van der Waals surface area contributed by atoms with Crippen molar-refractivity contribution < 1.29 is 13.3 Å². The molecule has 0 aliphatic heterocycles. The second-order valence-electron chi connectivity index (χ2n) is 4.94. The van der Waals surface area contributed by atoms with Crippen molar-refractivity contribution in [3.8, 4) is 0 Å². The number of primary sulfonamides is 1. The summed E-state index contributed by atoms with van der Waals surface area (Å²) in [4.78, 5) is 10.3. The Hall–Kier alpha value is -1.51. The molecule has 8 heteroatoms. The topological polar surface area (TPSA) is 115 Å². The summed E-state index contributed by atoms with van der Waals surface area (Å²) in [5.41, 5.74) is 0.257. The van der Waals surface area contributed by atoms with Gasteiger partial charge >= 0.3 is 0 Å². The van der Waals surface area contributed by atoms with E-state index < -0.39 is 14.9 Å². The molecule has 0 aliphatic carbocycles. The molecule has 0 heterocycles. The molecule has 0 aliphatic rings. The second kappa shape index (κ2) is 6.29. The van der Waals surface area contributed by atoms with Crippen LogP contribution in [0.25, 0.3) is 0 Å². The minimum Gasteiger partial charge on any atom is -0.316 e. The molecule has 3 N–H and O–H groups in total. The summed E-state index contributed by atoms with van der Waals surface area (Å²) < 4.78 is 22.5. The highest BCUT2D eigenvalue weighted by Gasteiger charge is 2.22. The van der Waals surface area contributed by atoms with Crippen LogP contribution in [0.3, 0.4) is 0 Å². The van der Waals surface area contributed by atoms with E-state index in [0.717, 1.165) is 6.07 Å². The lowest BCUT2D eigenvalue weighted by atomic mass is 9.96. The van der Waals surface area contributed by atoms with E-state index >= 15 is 0 Å². The molecular formula is C12H19N3O4S. The zero-order valence-corrected chi connectivity index (χ0v) is 12.5. The van der Waals surface area contributed by atoms with E-state index in [1.165, 1.54) is 12.1 Å². The van der Waals surface area contributed by atoms with Gasteiger partial charge < -0.3 is 5.32 Å². The van der Waals surface area contributed by atoms with Crippen LogP contribution in [0.15, 0.2) is 23.1 Å². The molecule has 1 aromatic rings. The number of nitrogens with two attached hydrogens (primary N) is 1. The fraction of sp³-hybridized carbons (Fsp3) is 0.500. The number of nitro groups is 1. The predicted molar refractivity (Wildman–Crippen MR) is 75.9 cm³/mol. The lowest BCUT2D eigenvalue weighted by Gasteiger charge is -2.20. The van der Waals surface area contributed by atoms with E-state index in [2.05, 4.69) is 5.32 Å². The molecule has 0 spiro atoms. The number of sulfonamides is 1. The third-order valence-corrected chi connectivity index (χ3v) is 4.11. The first kappa shape index (κ1) is 16.5. The average molecular weight is 301 g/mol. The summed E-state index contributed by atoms with van der Waals surface area (Å²) in [5.74, 6) is 0.289. The number of benzene rings is 1. The summed E-state index contributed by atoms with van der Waals surface area (Å²) >= 11 is 0. The van der Waals surface area contributed by atoms with Gasteiger partial charge in [0.25, 0.3) is 5.69 Å². The van der Waals surface area contributed by atoms with Crippen LogP contribution >= 0.6 is 0 Å². The van der Waals surface area contributed by atoms with Gasteiger partial charge in [0.2, 0.25) is 10.0 Å². The van der Waals surface area contributed by atoms with Gasteiger partial charge in [0.15, 0.2) is 0 Å². The Morgan fingerprint density at radius 1 is 1.40 bits per heavy atom. The molecule has 7 nitrogen and oxygen atoms in total. The highest BCUT2D eigenvalue weighted by molar-refractivity contribution is 7.89. The number of nitrogens with one attached hydrogen (secondary N) is 1. The maximum Gasteiger partial charge on any atom is 0.273 e. The van der Waals surface area contributed by atoms with Crippen molar-refractivity contribution in [2.24, 2.45) is 11.1 Å². The highest BCUT2D eigenvalue weighted by Crippen LogP contribution is 2.24. The van der Waals surface area contributed by atoms with Crippen molar-refractivity contribution in [2.75, 3.05) is 7.05 Å². The Balaban J connectivity index is 3.24. The first-order valence-electron chi connectivity index (χ1n) is 6.14. The van der Waals surface area contributed by atoms with E-state index in [1.54, 1.807) is 7.05 Å². The number of rotatable bonds is 6. The molecule has 0 fully saturated rings. The summed E-state index contributed by atoms with van der Waals surface area (Å²) in [5, 5.41) is 19.2. The number of hydrogen-bond donors (Lipinski definition) is 2. The molecule has 0 aromatic heterocycles. The van der Waals surface area contributed by atoms with Gasteiger partial charge in [-0.3, -0.25) is 10.1 Å². The standard InChI is InChI=1S/C12H19N3O4S/c1-8(2)11(14-3)6-9-4-5-10(20(13,18)19)7-12(9)15(16)17/h4-5,7-8,11,14H,6H2,1-3H3,(H2,13,18,19). The molecule has 0 bridgehead atoms. The van der Waals surface area contributed by atoms with Crippen molar-refractivity contribution in [3.63, 3.8) is 0 Å². The van der Waals surface area contributed by atoms with Crippen LogP contribution in [0.2, 0.25) is 0 Å². The second-order valence-corrected chi connectivity index (χ2v) is 6.50. The minimum absolute atomic E-state index is 0.0639. The van der Waals surface area contributed by atoms with Gasteiger partial charge in [0.05, 0.1) is 9.82 Å². The monoisotopic (exact) mass is 301 g/mol. The van der Waals surface area contributed by atoms with Gasteiger partial charge in [0, 0.05) is 17.7 Å². The molecule has 0 radical (unpaired) electrons. The Morgan fingerprint density at radius 2 is 2.00 bits per heavy atom. The van der Waals surface area contributed by atoms with Gasteiger partial charge in [-0.2, -0.15) is 0 Å². The van der Waals surface area contributed by atoms with Crippen LogP contribution in [-0.2, 0) is 16.4 Å². The molecular weight excluding hydrogens is 282 g/mol. The van der Waals surface area contributed by atoms with Crippen molar-refractivity contribution in [3.05, 3.63) is 33.9 Å². The molecule has 1 unspecified atom stereocenters. The lowest BCUT2D eigenvalue weighted by molar-refractivity contribution is -0.385. The SMILES string of the molecule is CNC(Cc1ccc(S(N)(=O)=O)cc1[N+](=O)[O-])C(C)C. The predicted octanol–water partition coefficient (Wildman–Crippen LogP) is 1.03. The van der Waals surface area contributed by atoms with E-state index in [0.29, 0.717) is 12.0 Å². The first-order valence-corrected chi connectivity index (χ1v) is 7.68. The molecule has 20 heavy (non-hydrogen) atoms. The Morgan fingerprint density at radius 3 is 2.40 bits per heavy atom. The van der Waals surface area contributed by atoms with Gasteiger partial charge in [-0.05, 0) is 25.5 Å². The van der Waals surface area contributed by atoms with Gasteiger partial charge in [-0.25, -0.2) is 13.6 Å². The van der Waals surface area contributed by atoms with Crippen LogP contribution in [0.5, 0.6) is 0 Å². The largest absolute Gasteiger partial charge is 0.316 e. The molecule has 1 rings (SSSR count). The van der Waals surface area contributed by atoms with Gasteiger partial charge in [-0.15, -0.1) is 0 Å². The van der Waals surface area contributed by atoms with E-state index in [4.69, 9.17) is 5.14 Å². The number of nitro benzene ring substituents is 1. The molecule has 1 atom stereocenters. The quantitative estimate of drug-likeness (QED) is 0.601. The fourth-order valence-electron chi connectivity index (χ4n) is 1.97. The lowest BCUT2D eigenvalue weighted by Crippen LogP contribution is -2.33. The third-order valence-electron chi connectivity index (χ3n) is 3.20. The Bertz CT molecular complexity index is 599. The molecule has 0 saturated carbocycles. The van der Waals surface area contributed by atoms with Gasteiger partial charge in [-0.1, -0.05) is 19.9 Å². The van der Waals surface area contributed by atoms with Crippen molar-refractivity contribution in [2.45, 2.75) is 31.2 Å². The van der Waals surface area contributed by atoms with Crippen LogP contribution in [-0.4, -0.2) is 26.4 Å². The van der Waals surface area contributed by atoms with Crippen molar-refractivity contribution >= 4 is 15.7 Å². The van der Waals surface area contributed by atoms with E-state index in [-0.39, 0.29) is 22.5 Å². The highest BCUT2D eigenvalue weighted by atomic mass is 32.2. The minimum atomic E-state index is -3.95. The molecule has 0 saturated heterocycles. The maximum absolute atomic E-state index is 11.2. The van der Waals surface area contributed by atoms with Crippen molar-refractivity contribution in [1.82, 2.24) is 5.32 Å². The normalized spacial score (nSPS) is 13.4. The summed E-state index contributed by atoms with van der Waals surface area (Å²) in [6.07, 6.45) is 0.440. The van der Waals surface area contributed by atoms with Gasteiger partial charge in [0.1, 0.15) is 0 Å². The zero-order chi connectivity index (χ0) is 15.5. The number of nitrogens with zero attached hydrogens (tertiary/aromatic N) is 1. The molecule has 0 amide bonds. The van der Waals surface area contributed by atoms with Crippen LogP contribution in [0.4, 0.5) is 5.69 Å². The molecule has 1 aromatic carbocycles. The van der Waals surface area contributed by atoms with E-state index in [1.807, 2.05) is 13.8 Å². The zero-order valence-electron chi connectivity index (χ0n) is 11.7. The first-order chi connectivity index (χ1) is 9.16. The average Bonchev–Trinajstić information content (AvgIpc) is 2.34.